The van der Waals surface area contributed by atoms with Crippen LogP contribution >= 0.6 is 22.9 Å². The Morgan fingerprint density at radius 3 is 2.56 bits per heavy atom. The number of carbonyl (C=O) groups excluding carboxylic acids is 1. The van der Waals surface area contributed by atoms with Crippen molar-refractivity contribution in [3.63, 3.8) is 0 Å². The Morgan fingerprint density at radius 1 is 1.06 bits per heavy atom. The molecule has 6 nitrogen and oxygen atoms in total. The fourth-order valence-corrected chi connectivity index (χ4v) is 9.79. The first kappa shape index (κ1) is 34.9. The predicted octanol–water partition coefficient (Wildman–Crippen LogP) is 10.1. The molecule has 2 heterocycles. The van der Waals surface area contributed by atoms with Gasteiger partial charge in [0.1, 0.15) is 11.3 Å². The van der Waals surface area contributed by atoms with E-state index in [0.717, 1.165) is 47.3 Å². The average molecular weight is 705 g/mol. The van der Waals surface area contributed by atoms with E-state index in [0.29, 0.717) is 37.0 Å². The normalized spacial score (nSPS) is 23.2. The second-order valence-electron chi connectivity index (χ2n) is 15.4. The maximum atomic E-state index is 13.5. The van der Waals surface area contributed by atoms with Crippen LogP contribution in [0.15, 0.2) is 72.2 Å². The number of nitrogens with zero attached hydrogens (tertiary/aromatic N) is 1. The summed E-state index contributed by atoms with van der Waals surface area (Å²) in [5.41, 5.74) is 3.82. The maximum absolute atomic E-state index is 13.5. The monoisotopic (exact) mass is 704 g/mol. The quantitative estimate of drug-likeness (QED) is 0.124. The third-order valence-electron chi connectivity index (χ3n) is 11.5. The zero-order chi connectivity index (χ0) is 34.2. The topological polar surface area (TPSA) is 69.7 Å². The van der Waals surface area contributed by atoms with Crippen molar-refractivity contribution in [1.29, 1.82) is 0 Å². The highest BCUT2D eigenvalue weighted by atomic mass is 35.5. The van der Waals surface area contributed by atoms with E-state index in [-0.39, 0.29) is 22.3 Å². The highest BCUT2D eigenvalue weighted by Gasteiger charge is 2.54. The molecule has 0 aliphatic heterocycles. The van der Waals surface area contributed by atoms with Crippen molar-refractivity contribution in [2.45, 2.75) is 88.4 Å². The van der Waals surface area contributed by atoms with Gasteiger partial charge in [0.05, 0.1) is 23.9 Å². The van der Waals surface area contributed by atoms with Crippen molar-refractivity contribution in [3.8, 4) is 5.75 Å². The molecule has 1 spiro atoms. The van der Waals surface area contributed by atoms with E-state index in [1.165, 1.54) is 18.2 Å². The lowest BCUT2D eigenvalue weighted by molar-refractivity contribution is -0.148. The summed E-state index contributed by atoms with van der Waals surface area (Å²) in [5.74, 6) is 1.28. The molecule has 1 N–H and O–H groups in total. The van der Waals surface area contributed by atoms with Crippen LogP contribution in [-0.2, 0) is 25.8 Å². The van der Waals surface area contributed by atoms with Crippen LogP contribution in [-0.4, -0.2) is 45.1 Å². The Hall–Kier alpha value is -2.91. The number of pyridine rings is 1. The molecule has 2 unspecified atom stereocenters. The molecule has 256 valence electrons. The van der Waals surface area contributed by atoms with E-state index in [1.807, 2.05) is 42.6 Å². The first-order valence-corrected chi connectivity index (χ1v) is 21.3. The predicted molar refractivity (Wildman–Crippen MR) is 200 cm³/mol. The molecule has 2 aliphatic carbocycles. The van der Waals surface area contributed by atoms with Gasteiger partial charge in [-0.05, 0) is 115 Å². The molecule has 0 bridgehead atoms. The largest absolute Gasteiger partial charge is 0.492 e. The molecule has 9 heteroatoms. The lowest BCUT2D eigenvalue weighted by Crippen LogP contribution is -2.53. The number of methoxy groups -OCH3 is 1. The van der Waals surface area contributed by atoms with Gasteiger partial charge in [0, 0.05) is 29.4 Å². The number of aromatic nitrogens is 1. The van der Waals surface area contributed by atoms with Crippen LogP contribution in [0.4, 0.5) is 5.69 Å². The second-order valence-corrected chi connectivity index (χ2v) is 21.5. The van der Waals surface area contributed by atoms with Gasteiger partial charge in [-0.25, -0.2) is 4.79 Å². The minimum Gasteiger partial charge on any atom is -0.492 e. The van der Waals surface area contributed by atoms with E-state index in [4.69, 9.17) is 25.5 Å². The van der Waals surface area contributed by atoms with Crippen LogP contribution < -0.4 is 10.1 Å². The number of fused-ring (bicyclic) bond motifs is 3. The Balaban J connectivity index is 1.28. The number of nitrogens with one attached hydrogen (secondary N) is 1. The number of rotatable bonds is 11. The number of esters is 1. The molecule has 2 aromatic heterocycles. The van der Waals surface area contributed by atoms with Crippen molar-refractivity contribution < 1.29 is 18.7 Å². The zero-order valence-corrected chi connectivity index (χ0v) is 31.7. The maximum Gasteiger partial charge on any atom is 0.331 e. The molecule has 2 atom stereocenters. The van der Waals surface area contributed by atoms with Crippen LogP contribution in [0.3, 0.4) is 0 Å². The molecule has 2 aliphatic rings. The first-order chi connectivity index (χ1) is 22.9. The van der Waals surface area contributed by atoms with Crippen LogP contribution in [0.2, 0.25) is 23.2 Å². The van der Waals surface area contributed by atoms with Gasteiger partial charge in [-0.15, -0.1) is 11.3 Å². The molecule has 1 fully saturated rings. The zero-order valence-electron chi connectivity index (χ0n) is 29.1. The minimum atomic E-state index is -1.99. The van der Waals surface area contributed by atoms with Crippen LogP contribution in [0.5, 0.6) is 5.75 Å². The number of hydrogen-bond acceptors (Lipinski definition) is 7. The Labute approximate surface area is 295 Å². The van der Waals surface area contributed by atoms with Crippen molar-refractivity contribution >= 4 is 53.1 Å². The summed E-state index contributed by atoms with van der Waals surface area (Å²) in [6, 6.07) is 20.6. The average Bonchev–Trinajstić information content (AvgIpc) is 3.66. The third-order valence-corrected chi connectivity index (χ3v) is 17.1. The van der Waals surface area contributed by atoms with Crippen molar-refractivity contribution in [2.24, 2.45) is 11.8 Å². The number of benzene rings is 2. The lowest BCUT2D eigenvalue weighted by atomic mass is 9.59. The van der Waals surface area contributed by atoms with Crippen molar-refractivity contribution in [1.82, 2.24) is 4.98 Å². The molecule has 6 rings (SSSR count). The van der Waals surface area contributed by atoms with Gasteiger partial charge < -0.3 is 19.2 Å². The molecule has 0 amide bonds. The number of carbonyl (C=O) groups is 1. The molecule has 0 saturated heterocycles. The van der Waals surface area contributed by atoms with Gasteiger partial charge in [-0.3, -0.25) is 4.98 Å². The summed E-state index contributed by atoms with van der Waals surface area (Å²) in [4.78, 5) is 18.0. The molecule has 2 aromatic carbocycles. The van der Waals surface area contributed by atoms with E-state index < -0.39 is 13.9 Å². The molecule has 48 heavy (non-hydrogen) atoms. The Bertz CT molecular complexity index is 1740. The molecular weight excluding hydrogens is 656 g/mol. The van der Waals surface area contributed by atoms with Gasteiger partial charge in [0.15, 0.2) is 8.32 Å². The van der Waals surface area contributed by atoms with E-state index in [9.17, 15) is 4.79 Å². The number of anilines is 1. The Kier molecular flexibility index (Phi) is 10.0. The summed E-state index contributed by atoms with van der Waals surface area (Å²) in [7, 11) is -0.498. The van der Waals surface area contributed by atoms with Crippen LogP contribution in [0, 0.1) is 11.8 Å². The van der Waals surface area contributed by atoms with E-state index in [2.05, 4.69) is 73.8 Å². The fraction of sp³-hybridized carbons (Fsp3) is 0.487. The standard InChI is InChI=1S/C39H49ClN2O4SSi/c1-37(2,3)48(5,6)46-26-27(25-45-34-14-20-41-33-15-21-47-35(33)34)22-29-23-28-10-7-8-13-32(28)38(29)16-18-39(19-17-38,36(43)44-4)42-31-12-9-11-30(40)24-31/h7-15,20-21,24,27,29,42H,16-19,22-23,25-26H2,1-6H3. The van der Waals surface area contributed by atoms with Gasteiger partial charge in [-0.1, -0.05) is 62.7 Å². The molecule has 1 saturated carbocycles. The summed E-state index contributed by atoms with van der Waals surface area (Å²) in [5, 5.41) is 6.40. The summed E-state index contributed by atoms with van der Waals surface area (Å²) < 4.78 is 20.1. The summed E-state index contributed by atoms with van der Waals surface area (Å²) in [6.45, 7) is 12.8. The summed E-state index contributed by atoms with van der Waals surface area (Å²) >= 11 is 8.00. The second kappa shape index (κ2) is 13.8. The SMILES string of the molecule is COC(=O)C1(Nc2cccc(Cl)c2)CCC2(CC1)c1ccccc1CC2CC(COc1ccnc2ccsc12)CO[Si](C)(C)C(C)(C)C. The van der Waals surface area contributed by atoms with E-state index >= 15 is 0 Å². The fourth-order valence-electron chi connectivity index (χ4n) is 7.69. The minimum absolute atomic E-state index is 0.0446. The van der Waals surface area contributed by atoms with Crippen molar-refractivity contribution in [3.05, 3.63) is 88.4 Å². The van der Waals surface area contributed by atoms with Crippen LogP contribution in [0.25, 0.3) is 10.2 Å². The van der Waals surface area contributed by atoms with Gasteiger partial charge >= 0.3 is 5.97 Å². The van der Waals surface area contributed by atoms with Gasteiger partial charge in [-0.2, -0.15) is 0 Å². The molecule has 0 radical (unpaired) electrons. The lowest BCUT2D eigenvalue weighted by Gasteiger charge is -2.48. The number of halogens is 1. The Morgan fingerprint density at radius 2 is 1.83 bits per heavy atom. The first-order valence-electron chi connectivity index (χ1n) is 17.2. The highest BCUT2D eigenvalue weighted by Crippen LogP contribution is 2.56. The van der Waals surface area contributed by atoms with Gasteiger partial charge in [0.25, 0.3) is 0 Å². The highest BCUT2D eigenvalue weighted by molar-refractivity contribution is 7.17. The number of ether oxygens (including phenoxy) is 2. The number of thiophene rings is 1. The van der Waals surface area contributed by atoms with Gasteiger partial charge in [0.2, 0.25) is 0 Å². The molecular formula is C39H49ClN2O4SSi. The third kappa shape index (κ3) is 6.91. The van der Waals surface area contributed by atoms with E-state index in [1.54, 1.807) is 11.3 Å². The smallest absolute Gasteiger partial charge is 0.331 e. The number of hydrogen-bond donors (Lipinski definition) is 1. The van der Waals surface area contributed by atoms with Crippen LogP contribution in [0.1, 0.15) is 64.0 Å². The van der Waals surface area contributed by atoms with Crippen molar-refractivity contribution in [2.75, 3.05) is 25.6 Å². The summed E-state index contributed by atoms with van der Waals surface area (Å²) in [6.07, 6.45) is 6.95. The molecule has 4 aromatic rings.